The van der Waals surface area contributed by atoms with E-state index in [-0.39, 0.29) is 4.90 Å². The zero-order valence-corrected chi connectivity index (χ0v) is 13.7. The molecule has 6 nitrogen and oxygen atoms in total. The van der Waals surface area contributed by atoms with Crippen LogP contribution in [0.5, 0.6) is 5.75 Å². The van der Waals surface area contributed by atoms with Gasteiger partial charge in [0.05, 0.1) is 12.0 Å². The third-order valence-corrected chi connectivity index (χ3v) is 5.53. The van der Waals surface area contributed by atoms with E-state index in [9.17, 15) is 13.2 Å². The topological polar surface area (TPSA) is 83.9 Å². The summed E-state index contributed by atoms with van der Waals surface area (Å²) in [6.45, 7) is 6.18. The quantitative estimate of drug-likeness (QED) is 0.865. The number of ether oxygens (including phenoxy) is 1. The van der Waals surface area contributed by atoms with Crippen LogP contribution in [0.2, 0.25) is 0 Å². The molecule has 118 valence electrons. The van der Waals surface area contributed by atoms with Crippen molar-refractivity contribution in [3.05, 3.63) is 23.3 Å². The second-order valence-corrected chi connectivity index (χ2v) is 6.91. The lowest BCUT2D eigenvalue weighted by Crippen LogP contribution is -2.40. The van der Waals surface area contributed by atoms with Crippen molar-refractivity contribution < 1.29 is 23.1 Å². The van der Waals surface area contributed by atoms with Crippen molar-refractivity contribution >= 4 is 16.0 Å². The van der Waals surface area contributed by atoms with Crippen LogP contribution >= 0.6 is 0 Å². The number of hydrogen-bond donors (Lipinski definition) is 1. The van der Waals surface area contributed by atoms with E-state index in [1.807, 2.05) is 0 Å². The summed E-state index contributed by atoms with van der Waals surface area (Å²) in [5.41, 5.74) is 1.28. The summed E-state index contributed by atoms with van der Waals surface area (Å²) >= 11 is 0. The Kier molecular flexibility index (Phi) is 5.36. The van der Waals surface area contributed by atoms with Crippen LogP contribution in [0.3, 0.4) is 0 Å². The molecule has 0 aliphatic rings. The van der Waals surface area contributed by atoms with Gasteiger partial charge in [0.25, 0.3) is 0 Å². The predicted octanol–water partition coefficient (Wildman–Crippen LogP) is 1.80. The monoisotopic (exact) mass is 315 g/mol. The number of carboxylic acid groups (broad SMARTS) is 1. The molecule has 0 aliphatic heterocycles. The Labute approximate surface area is 125 Å². The number of carbonyl (C=O) groups is 1. The van der Waals surface area contributed by atoms with Crippen LogP contribution < -0.4 is 4.74 Å². The summed E-state index contributed by atoms with van der Waals surface area (Å²) in [7, 11) is -2.36. The summed E-state index contributed by atoms with van der Waals surface area (Å²) in [5.74, 6) is -0.587. The van der Waals surface area contributed by atoms with Crippen LogP contribution in [-0.4, -0.2) is 43.5 Å². The molecule has 0 aliphatic carbocycles. The second-order valence-electron chi connectivity index (χ2n) is 5.05. The van der Waals surface area contributed by atoms with E-state index in [0.717, 1.165) is 9.87 Å². The van der Waals surface area contributed by atoms with Crippen molar-refractivity contribution in [1.29, 1.82) is 0 Å². The molecule has 0 bridgehead atoms. The Morgan fingerprint density at radius 1 is 1.29 bits per heavy atom. The van der Waals surface area contributed by atoms with E-state index in [4.69, 9.17) is 9.84 Å². The van der Waals surface area contributed by atoms with E-state index in [2.05, 4.69) is 0 Å². The molecular formula is C14H21NO5S. The molecule has 0 saturated heterocycles. The maximum Gasteiger partial charge on any atom is 0.318 e. The molecule has 0 fully saturated rings. The zero-order chi connectivity index (χ0) is 16.4. The standard InChI is InChI=1S/C14H21NO5S/c1-9(2)15(8-14(16)17)21(18,19)13-7-6-12(20-5)10(3)11(13)4/h6-7,9H,8H2,1-5H3,(H,16,17). The van der Waals surface area contributed by atoms with Gasteiger partial charge in [0.1, 0.15) is 12.3 Å². The molecule has 7 heteroatoms. The highest BCUT2D eigenvalue weighted by molar-refractivity contribution is 7.89. The average molecular weight is 315 g/mol. The third-order valence-electron chi connectivity index (χ3n) is 3.36. The van der Waals surface area contributed by atoms with Gasteiger partial charge in [-0.1, -0.05) is 0 Å². The number of methoxy groups -OCH3 is 1. The third kappa shape index (κ3) is 3.54. The van der Waals surface area contributed by atoms with E-state index in [0.29, 0.717) is 11.3 Å². The number of rotatable bonds is 6. The molecule has 0 unspecified atom stereocenters. The van der Waals surface area contributed by atoms with E-state index >= 15 is 0 Å². The number of sulfonamides is 1. The van der Waals surface area contributed by atoms with E-state index in [1.165, 1.54) is 13.2 Å². The minimum Gasteiger partial charge on any atom is -0.496 e. The van der Waals surface area contributed by atoms with Gasteiger partial charge in [-0.05, 0) is 51.0 Å². The normalized spacial score (nSPS) is 12.0. The molecule has 0 amide bonds. The highest BCUT2D eigenvalue weighted by Crippen LogP contribution is 2.29. The second kappa shape index (κ2) is 6.44. The Bertz CT molecular complexity index is 637. The highest BCUT2D eigenvalue weighted by Gasteiger charge is 2.30. The minimum absolute atomic E-state index is 0.107. The summed E-state index contributed by atoms with van der Waals surface area (Å²) < 4.78 is 31.5. The Morgan fingerprint density at radius 2 is 1.86 bits per heavy atom. The van der Waals surface area contributed by atoms with Gasteiger partial charge in [-0.2, -0.15) is 4.31 Å². The molecule has 1 aromatic rings. The van der Waals surface area contributed by atoms with Crippen molar-refractivity contribution in [2.24, 2.45) is 0 Å². The van der Waals surface area contributed by atoms with Gasteiger partial charge in [0.15, 0.2) is 0 Å². The molecular weight excluding hydrogens is 294 g/mol. The molecule has 21 heavy (non-hydrogen) atoms. The molecule has 1 N–H and O–H groups in total. The zero-order valence-electron chi connectivity index (χ0n) is 12.9. The predicted molar refractivity (Wildman–Crippen MR) is 79.1 cm³/mol. The summed E-state index contributed by atoms with van der Waals surface area (Å²) in [4.78, 5) is 11.0. The molecule has 1 aromatic carbocycles. The molecule has 0 spiro atoms. The summed E-state index contributed by atoms with van der Waals surface area (Å²) in [6.07, 6.45) is 0. The maximum atomic E-state index is 12.7. The fraction of sp³-hybridized carbons (Fsp3) is 0.500. The fourth-order valence-corrected chi connectivity index (χ4v) is 3.94. The van der Waals surface area contributed by atoms with Gasteiger partial charge in [0.2, 0.25) is 10.0 Å². The highest BCUT2D eigenvalue weighted by atomic mass is 32.2. The number of benzene rings is 1. The molecule has 0 saturated carbocycles. The van der Waals surface area contributed by atoms with Gasteiger partial charge in [-0.25, -0.2) is 8.42 Å². The minimum atomic E-state index is -3.88. The fourth-order valence-electron chi connectivity index (χ4n) is 2.08. The first-order valence-corrected chi connectivity index (χ1v) is 7.94. The SMILES string of the molecule is COc1ccc(S(=O)(=O)N(CC(=O)O)C(C)C)c(C)c1C. The number of carboxylic acids is 1. The van der Waals surface area contributed by atoms with Crippen LogP contribution in [0.1, 0.15) is 25.0 Å². The first-order chi connectivity index (χ1) is 9.62. The van der Waals surface area contributed by atoms with Crippen molar-refractivity contribution in [2.75, 3.05) is 13.7 Å². The summed E-state index contributed by atoms with van der Waals surface area (Å²) in [6, 6.07) is 2.58. The van der Waals surface area contributed by atoms with Gasteiger partial charge >= 0.3 is 5.97 Å². The first-order valence-electron chi connectivity index (χ1n) is 6.50. The smallest absolute Gasteiger partial charge is 0.318 e. The van der Waals surface area contributed by atoms with Crippen molar-refractivity contribution in [2.45, 2.75) is 38.6 Å². The van der Waals surface area contributed by atoms with Gasteiger partial charge < -0.3 is 9.84 Å². The molecule has 0 aromatic heterocycles. The average Bonchev–Trinajstić information content (AvgIpc) is 2.38. The van der Waals surface area contributed by atoms with Crippen LogP contribution in [0.25, 0.3) is 0 Å². The van der Waals surface area contributed by atoms with Gasteiger partial charge in [0, 0.05) is 6.04 Å². The van der Waals surface area contributed by atoms with Crippen molar-refractivity contribution in [3.63, 3.8) is 0 Å². The number of aliphatic carboxylic acids is 1. The Balaban J connectivity index is 3.42. The van der Waals surface area contributed by atoms with Crippen LogP contribution in [0.15, 0.2) is 17.0 Å². The van der Waals surface area contributed by atoms with Crippen molar-refractivity contribution in [3.8, 4) is 5.75 Å². The number of nitrogens with zero attached hydrogens (tertiary/aromatic N) is 1. The lowest BCUT2D eigenvalue weighted by molar-refractivity contribution is -0.137. The molecule has 0 heterocycles. The van der Waals surface area contributed by atoms with Crippen LogP contribution in [-0.2, 0) is 14.8 Å². The Hall–Kier alpha value is -1.60. The van der Waals surface area contributed by atoms with Crippen LogP contribution in [0, 0.1) is 13.8 Å². The summed E-state index contributed by atoms with van der Waals surface area (Å²) in [5, 5.41) is 8.92. The van der Waals surface area contributed by atoms with Crippen molar-refractivity contribution in [1.82, 2.24) is 4.31 Å². The van der Waals surface area contributed by atoms with Gasteiger partial charge in [-0.15, -0.1) is 0 Å². The first kappa shape index (κ1) is 17.5. The lowest BCUT2D eigenvalue weighted by Gasteiger charge is -2.25. The Morgan fingerprint density at radius 3 is 2.29 bits per heavy atom. The van der Waals surface area contributed by atoms with E-state index < -0.39 is 28.6 Å². The maximum absolute atomic E-state index is 12.7. The van der Waals surface area contributed by atoms with Crippen LogP contribution in [0.4, 0.5) is 0 Å². The largest absolute Gasteiger partial charge is 0.496 e. The molecule has 1 rings (SSSR count). The molecule has 0 radical (unpaired) electrons. The van der Waals surface area contributed by atoms with E-state index in [1.54, 1.807) is 33.8 Å². The lowest BCUT2D eigenvalue weighted by atomic mass is 10.1. The number of hydrogen-bond acceptors (Lipinski definition) is 4. The molecule has 0 atom stereocenters. The van der Waals surface area contributed by atoms with Gasteiger partial charge in [-0.3, -0.25) is 4.79 Å².